The molecular formula is C7H7NOS. The molecule has 0 atom stereocenters. The van der Waals surface area contributed by atoms with E-state index in [2.05, 4.69) is 4.98 Å². The van der Waals surface area contributed by atoms with E-state index in [1.54, 1.807) is 22.9 Å². The maximum absolute atomic E-state index is 9.86. The Labute approximate surface area is 63.2 Å². The van der Waals surface area contributed by atoms with Gasteiger partial charge in [-0.2, -0.15) is 0 Å². The van der Waals surface area contributed by atoms with Gasteiger partial charge in [0.2, 0.25) is 0 Å². The van der Waals surface area contributed by atoms with Crippen LogP contribution < -0.4 is 0 Å². The zero-order valence-electron chi connectivity index (χ0n) is 5.36. The van der Waals surface area contributed by atoms with E-state index in [1.807, 2.05) is 11.5 Å². The van der Waals surface area contributed by atoms with Crippen molar-refractivity contribution in [2.75, 3.05) is 0 Å². The largest absolute Gasteiger partial charge is 0.303 e. The first-order valence-electron chi connectivity index (χ1n) is 2.92. The summed E-state index contributed by atoms with van der Waals surface area (Å²) < 4.78 is 0. The second kappa shape index (κ2) is 3.95. The third-order valence-corrected chi connectivity index (χ3v) is 1.58. The van der Waals surface area contributed by atoms with E-state index in [-0.39, 0.29) is 0 Å². The lowest BCUT2D eigenvalue weighted by Crippen LogP contribution is -1.68. The van der Waals surface area contributed by atoms with Crippen molar-refractivity contribution in [3.05, 3.63) is 22.7 Å². The zero-order chi connectivity index (χ0) is 7.23. The smallest absolute Gasteiger partial charge is 0.123 e. The molecule has 0 aliphatic heterocycles. The van der Waals surface area contributed by atoms with Crippen molar-refractivity contribution in [3.63, 3.8) is 0 Å². The number of allylic oxidation sites excluding steroid dienone is 1. The van der Waals surface area contributed by atoms with E-state index in [0.29, 0.717) is 6.42 Å². The highest BCUT2D eigenvalue weighted by atomic mass is 32.1. The van der Waals surface area contributed by atoms with Gasteiger partial charge in [0.15, 0.2) is 0 Å². The van der Waals surface area contributed by atoms with Crippen molar-refractivity contribution < 1.29 is 4.79 Å². The molecule has 1 rings (SSSR count). The Kier molecular flexibility index (Phi) is 2.83. The van der Waals surface area contributed by atoms with E-state index in [1.165, 1.54) is 0 Å². The molecule has 0 unspecified atom stereocenters. The summed E-state index contributed by atoms with van der Waals surface area (Å²) in [5.74, 6) is 0. The summed E-state index contributed by atoms with van der Waals surface area (Å²) in [5, 5.41) is 1.93. The van der Waals surface area contributed by atoms with Gasteiger partial charge >= 0.3 is 0 Å². The van der Waals surface area contributed by atoms with Crippen LogP contribution in [0.15, 0.2) is 17.0 Å². The van der Waals surface area contributed by atoms with Crippen LogP contribution in [0.2, 0.25) is 0 Å². The van der Waals surface area contributed by atoms with Gasteiger partial charge in [-0.15, -0.1) is 11.3 Å². The van der Waals surface area contributed by atoms with Gasteiger partial charge in [0.05, 0.1) is 11.2 Å². The molecule has 0 aromatic carbocycles. The van der Waals surface area contributed by atoms with Gasteiger partial charge in [0.25, 0.3) is 0 Å². The molecule has 3 heteroatoms. The Morgan fingerprint density at radius 2 is 2.60 bits per heavy atom. The van der Waals surface area contributed by atoms with Crippen molar-refractivity contribution in [1.82, 2.24) is 4.98 Å². The third kappa shape index (κ3) is 2.11. The van der Waals surface area contributed by atoms with Crippen LogP contribution in [-0.4, -0.2) is 11.3 Å². The Balaban J connectivity index is 2.47. The first kappa shape index (κ1) is 7.15. The molecule has 0 bridgehead atoms. The van der Waals surface area contributed by atoms with Gasteiger partial charge in [-0.05, 0) is 6.08 Å². The van der Waals surface area contributed by atoms with Crippen molar-refractivity contribution in [1.29, 1.82) is 0 Å². The predicted molar refractivity (Wildman–Crippen MR) is 41.8 cm³/mol. The van der Waals surface area contributed by atoms with Crippen LogP contribution in [0.3, 0.4) is 0 Å². The zero-order valence-corrected chi connectivity index (χ0v) is 6.17. The molecular weight excluding hydrogens is 146 g/mol. The van der Waals surface area contributed by atoms with E-state index < -0.39 is 0 Å². The fourth-order valence-corrected chi connectivity index (χ4v) is 1.07. The van der Waals surface area contributed by atoms with E-state index in [4.69, 9.17) is 0 Å². The third-order valence-electron chi connectivity index (χ3n) is 0.972. The lowest BCUT2D eigenvalue weighted by molar-refractivity contribution is -0.107. The summed E-state index contributed by atoms with van der Waals surface area (Å²) >= 11 is 1.55. The second-order valence-electron chi connectivity index (χ2n) is 1.72. The molecule has 0 aliphatic rings. The molecule has 1 heterocycles. The highest BCUT2D eigenvalue weighted by molar-refractivity contribution is 7.07. The van der Waals surface area contributed by atoms with Crippen LogP contribution in [-0.2, 0) is 4.79 Å². The molecule has 0 radical (unpaired) electrons. The summed E-state index contributed by atoms with van der Waals surface area (Å²) in [6, 6.07) is 0. The first-order chi connectivity index (χ1) is 4.93. The van der Waals surface area contributed by atoms with Crippen LogP contribution in [0.25, 0.3) is 6.08 Å². The van der Waals surface area contributed by atoms with Crippen molar-refractivity contribution >= 4 is 23.7 Å². The lowest BCUT2D eigenvalue weighted by Gasteiger charge is -1.77. The quantitative estimate of drug-likeness (QED) is 0.619. The highest BCUT2D eigenvalue weighted by Gasteiger charge is 1.84. The van der Waals surface area contributed by atoms with Crippen LogP contribution >= 0.6 is 11.3 Å². The van der Waals surface area contributed by atoms with Gasteiger partial charge in [-0.1, -0.05) is 6.08 Å². The maximum atomic E-state index is 9.86. The number of hydrogen-bond acceptors (Lipinski definition) is 3. The van der Waals surface area contributed by atoms with Crippen molar-refractivity contribution in [2.24, 2.45) is 0 Å². The molecule has 1 aromatic heterocycles. The number of nitrogens with zero attached hydrogens (tertiary/aromatic N) is 1. The standard InChI is InChI=1S/C7H7NOS/c9-4-2-1-3-7-5-10-6-8-7/h1,3-6H,2H2. The minimum atomic E-state index is 0.470. The SMILES string of the molecule is O=CCC=Cc1cscn1. The fraction of sp³-hybridized carbons (Fsp3) is 0.143. The summed E-state index contributed by atoms with van der Waals surface area (Å²) in [6.07, 6.45) is 4.97. The normalized spacial score (nSPS) is 10.4. The van der Waals surface area contributed by atoms with Crippen molar-refractivity contribution in [2.45, 2.75) is 6.42 Å². The molecule has 0 aliphatic carbocycles. The average Bonchev–Trinajstić information content (AvgIpc) is 2.41. The first-order valence-corrected chi connectivity index (χ1v) is 3.86. The van der Waals surface area contributed by atoms with Gasteiger partial charge in [0, 0.05) is 11.8 Å². The average molecular weight is 153 g/mol. The number of hydrogen-bond donors (Lipinski definition) is 0. The number of aldehydes is 1. The molecule has 0 amide bonds. The Hall–Kier alpha value is -0.960. The van der Waals surface area contributed by atoms with Crippen LogP contribution in [0.1, 0.15) is 12.1 Å². The molecule has 0 saturated heterocycles. The van der Waals surface area contributed by atoms with E-state index >= 15 is 0 Å². The topological polar surface area (TPSA) is 30.0 Å². The number of aromatic nitrogens is 1. The predicted octanol–water partition coefficient (Wildman–Crippen LogP) is 1.75. The molecule has 0 saturated carbocycles. The van der Waals surface area contributed by atoms with Crippen LogP contribution in [0.4, 0.5) is 0 Å². The van der Waals surface area contributed by atoms with E-state index in [9.17, 15) is 4.79 Å². The molecule has 10 heavy (non-hydrogen) atoms. The Morgan fingerprint density at radius 3 is 3.20 bits per heavy atom. The minimum Gasteiger partial charge on any atom is -0.303 e. The molecule has 0 N–H and O–H groups in total. The molecule has 52 valence electrons. The molecule has 0 spiro atoms. The summed E-state index contributed by atoms with van der Waals surface area (Å²) in [5.41, 5.74) is 2.69. The van der Waals surface area contributed by atoms with Crippen LogP contribution in [0, 0.1) is 0 Å². The monoisotopic (exact) mass is 153 g/mol. The van der Waals surface area contributed by atoms with Gasteiger partial charge in [-0.3, -0.25) is 0 Å². The maximum Gasteiger partial charge on any atom is 0.123 e. The van der Waals surface area contributed by atoms with E-state index in [0.717, 1.165) is 12.0 Å². The fourth-order valence-electron chi connectivity index (χ4n) is 0.549. The number of carbonyl (C=O) groups is 1. The lowest BCUT2D eigenvalue weighted by atomic mass is 10.3. The molecule has 2 nitrogen and oxygen atoms in total. The highest BCUT2D eigenvalue weighted by Crippen LogP contribution is 2.02. The minimum absolute atomic E-state index is 0.470. The number of thiazole rings is 1. The number of rotatable bonds is 3. The Bertz CT molecular complexity index is 216. The van der Waals surface area contributed by atoms with Gasteiger partial charge < -0.3 is 4.79 Å². The summed E-state index contributed by atoms with van der Waals surface area (Å²) in [6.45, 7) is 0. The second-order valence-corrected chi connectivity index (χ2v) is 2.44. The Morgan fingerprint density at radius 1 is 1.70 bits per heavy atom. The molecule has 1 aromatic rings. The van der Waals surface area contributed by atoms with Gasteiger partial charge in [-0.25, -0.2) is 4.98 Å². The number of carbonyl (C=O) groups excluding carboxylic acids is 1. The summed E-state index contributed by atoms with van der Waals surface area (Å²) in [4.78, 5) is 13.9. The molecule has 0 fully saturated rings. The van der Waals surface area contributed by atoms with Crippen molar-refractivity contribution in [3.8, 4) is 0 Å². The summed E-state index contributed by atoms with van der Waals surface area (Å²) in [7, 11) is 0. The van der Waals surface area contributed by atoms with Crippen LogP contribution in [0.5, 0.6) is 0 Å². The van der Waals surface area contributed by atoms with Gasteiger partial charge in [0.1, 0.15) is 6.29 Å².